The van der Waals surface area contributed by atoms with Crippen LogP contribution in [-0.4, -0.2) is 39.5 Å². The SMILES string of the molecule is CCc1cc2c(NCC(=O)NC(C(=O)O)C(C)C)ncnc2s1. The van der Waals surface area contributed by atoms with Gasteiger partial charge in [0.2, 0.25) is 5.91 Å². The van der Waals surface area contributed by atoms with Crippen molar-refractivity contribution in [2.45, 2.75) is 33.2 Å². The van der Waals surface area contributed by atoms with E-state index in [4.69, 9.17) is 5.11 Å². The first-order valence-corrected chi connectivity index (χ1v) is 8.23. The van der Waals surface area contributed by atoms with Gasteiger partial charge in [0, 0.05) is 4.88 Å². The summed E-state index contributed by atoms with van der Waals surface area (Å²) in [5.74, 6) is -1.03. The molecule has 2 rings (SSSR count). The summed E-state index contributed by atoms with van der Waals surface area (Å²) in [6.45, 7) is 5.52. The number of rotatable bonds is 7. The Labute approximate surface area is 138 Å². The molecule has 2 heterocycles. The van der Waals surface area contributed by atoms with Crippen LogP contribution < -0.4 is 10.6 Å². The average Bonchev–Trinajstić information content (AvgIpc) is 2.93. The van der Waals surface area contributed by atoms with E-state index in [0.717, 1.165) is 16.6 Å². The number of amides is 1. The molecule has 0 aliphatic heterocycles. The van der Waals surface area contributed by atoms with Gasteiger partial charge in [-0.25, -0.2) is 14.8 Å². The van der Waals surface area contributed by atoms with Crippen molar-refractivity contribution < 1.29 is 14.7 Å². The van der Waals surface area contributed by atoms with E-state index in [1.165, 1.54) is 11.2 Å². The van der Waals surface area contributed by atoms with E-state index < -0.39 is 12.0 Å². The molecule has 2 aromatic rings. The third kappa shape index (κ3) is 4.16. The zero-order valence-corrected chi connectivity index (χ0v) is 14.1. The van der Waals surface area contributed by atoms with Gasteiger partial charge >= 0.3 is 5.97 Å². The average molecular weight is 336 g/mol. The molecule has 0 aliphatic carbocycles. The largest absolute Gasteiger partial charge is 0.480 e. The number of nitrogens with one attached hydrogen (secondary N) is 2. The quantitative estimate of drug-likeness (QED) is 0.713. The summed E-state index contributed by atoms with van der Waals surface area (Å²) in [7, 11) is 0. The molecule has 0 fully saturated rings. The minimum atomic E-state index is -1.04. The zero-order valence-electron chi connectivity index (χ0n) is 13.3. The molecule has 7 nitrogen and oxygen atoms in total. The van der Waals surface area contributed by atoms with Gasteiger partial charge in [0.15, 0.2) is 0 Å². The normalized spacial score (nSPS) is 12.3. The van der Waals surface area contributed by atoms with Crippen molar-refractivity contribution in [1.82, 2.24) is 15.3 Å². The van der Waals surface area contributed by atoms with Crippen LogP contribution in [0.5, 0.6) is 0 Å². The number of aliphatic carboxylic acids is 1. The number of nitrogens with zero attached hydrogens (tertiary/aromatic N) is 2. The maximum absolute atomic E-state index is 12.0. The first-order valence-electron chi connectivity index (χ1n) is 7.41. The standard InChI is InChI=1S/C15H20N4O3S/c1-4-9-5-10-13(17-7-18-14(10)23-9)16-6-11(20)19-12(8(2)3)15(21)22/h5,7-8,12H,4,6H2,1-3H3,(H,19,20)(H,21,22)(H,16,17,18). The fraction of sp³-hybridized carbons (Fsp3) is 0.467. The van der Waals surface area contributed by atoms with Gasteiger partial charge in [0.25, 0.3) is 0 Å². The maximum atomic E-state index is 12.0. The Morgan fingerprint density at radius 2 is 2.09 bits per heavy atom. The first kappa shape index (κ1) is 17.1. The van der Waals surface area contributed by atoms with Crippen LogP contribution >= 0.6 is 11.3 Å². The lowest BCUT2D eigenvalue weighted by atomic mass is 10.1. The number of anilines is 1. The summed E-state index contributed by atoms with van der Waals surface area (Å²) in [6, 6.07) is 1.11. The van der Waals surface area contributed by atoms with E-state index in [9.17, 15) is 9.59 Å². The zero-order chi connectivity index (χ0) is 17.0. The molecule has 23 heavy (non-hydrogen) atoms. The summed E-state index contributed by atoms with van der Waals surface area (Å²) in [6.07, 6.45) is 2.36. The van der Waals surface area contributed by atoms with Crippen LogP contribution in [0.4, 0.5) is 5.82 Å². The Morgan fingerprint density at radius 1 is 1.35 bits per heavy atom. The van der Waals surface area contributed by atoms with E-state index in [0.29, 0.717) is 5.82 Å². The van der Waals surface area contributed by atoms with Crippen molar-refractivity contribution in [1.29, 1.82) is 0 Å². The van der Waals surface area contributed by atoms with Crippen LogP contribution in [0.15, 0.2) is 12.4 Å². The predicted molar refractivity (Wildman–Crippen MR) is 89.7 cm³/mol. The predicted octanol–water partition coefficient (Wildman–Crippen LogP) is 1.89. The number of aryl methyl sites for hydroxylation is 1. The smallest absolute Gasteiger partial charge is 0.326 e. The Hall–Kier alpha value is -2.22. The van der Waals surface area contributed by atoms with Gasteiger partial charge < -0.3 is 15.7 Å². The van der Waals surface area contributed by atoms with E-state index >= 15 is 0 Å². The highest BCUT2D eigenvalue weighted by atomic mass is 32.1. The first-order chi connectivity index (χ1) is 10.9. The molecule has 1 amide bonds. The molecule has 1 unspecified atom stereocenters. The monoisotopic (exact) mass is 336 g/mol. The van der Waals surface area contributed by atoms with E-state index in [1.807, 2.05) is 6.07 Å². The highest BCUT2D eigenvalue weighted by Gasteiger charge is 2.23. The fourth-order valence-corrected chi connectivity index (χ4v) is 3.06. The molecular formula is C15H20N4O3S. The van der Waals surface area contributed by atoms with Gasteiger partial charge in [-0.2, -0.15) is 0 Å². The third-order valence-corrected chi connectivity index (χ3v) is 4.58. The molecular weight excluding hydrogens is 316 g/mol. The van der Waals surface area contributed by atoms with Crippen molar-refractivity contribution in [3.8, 4) is 0 Å². The van der Waals surface area contributed by atoms with Crippen LogP contribution in [-0.2, 0) is 16.0 Å². The number of hydrogen-bond acceptors (Lipinski definition) is 6. The highest BCUT2D eigenvalue weighted by molar-refractivity contribution is 7.18. The van der Waals surface area contributed by atoms with Gasteiger partial charge in [-0.15, -0.1) is 11.3 Å². The van der Waals surface area contributed by atoms with Gasteiger partial charge in [-0.3, -0.25) is 4.79 Å². The van der Waals surface area contributed by atoms with Gasteiger partial charge in [-0.05, 0) is 18.4 Å². The van der Waals surface area contributed by atoms with Crippen LogP contribution in [0.1, 0.15) is 25.6 Å². The second-order valence-corrected chi connectivity index (χ2v) is 6.60. The van der Waals surface area contributed by atoms with E-state index in [2.05, 4.69) is 27.5 Å². The molecule has 3 N–H and O–H groups in total. The van der Waals surface area contributed by atoms with Gasteiger partial charge in [0.1, 0.15) is 23.0 Å². The second kappa shape index (κ2) is 7.36. The van der Waals surface area contributed by atoms with Crippen molar-refractivity contribution in [2.75, 3.05) is 11.9 Å². The minimum Gasteiger partial charge on any atom is -0.480 e. The van der Waals surface area contributed by atoms with Crippen molar-refractivity contribution in [3.63, 3.8) is 0 Å². The lowest BCUT2D eigenvalue weighted by Crippen LogP contribution is -2.46. The third-order valence-electron chi connectivity index (χ3n) is 3.39. The lowest BCUT2D eigenvalue weighted by Gasteiger charge is -2.18. The summed E-state index contributed by atoms with van der Waals surface area (Å²) in [4.78, 5) is 33.5. The molecule has 1 atom stereocenters. The Bertz CT molecular complexity index is 714. The number of carboxylic acids is 1. The molecule has 0 bridgehead atoms. The number of aromatic nitrogens is 2. The second-order valence-electron chi connectivity index (χ2n) is 5.49. The van der Waals surface area contributed by atoms with Crippen molar-refractivity contribution in [3.05, 3.63) is 17.3 Å². The van der Waals surface area contributed by atoms with Crippen molar-refractivity contribution >= 4 is 39.2 Å². The topological polar surface area (TPSA) is 104 Å². The van der Waals surface area contributed by atoms with Crippen molar-refractivity contribution in [2.24, 2.45) is 5.92 Å². The number of hydrogen-bond donors (Lipinski definition) is 3. The van der Waals surface area contributed by atoms with Gasteiger partial charge in [-0.1, -0.05) is 20.8 Å². The van der Waals surface area contributed by atoms with E-state index in [-0.39, 0.29) is 18.4 Å². The van der Waals surface area contributed by atoms with Crippen LogP contribution in [0.3, 0.4) is 0 Å². The maximum Gasteiger partial charge on any atom is 0.326 e. The Morgan fingerprint density at radius 3 is 2.70 bits per heavy atom. The Balaban J connectivity index is 2.04. The van der Waals surface area contributed by atoms with Crippen LogP contribution in [0.2, 0.25) is 0 Å². The number of carbonyl (C=O) groups excluding carboxylic acids is 1. The minimum absolute atomic E-state index is 0.0417. The van der Waals surface area contributed by atoms with Crippen LogP contribution in [0, 0.1) is 5.92 Å². The van der Waals surface area contributed by atoms with Crippen LogP contribution in [0.25, 0.3) is 10.2 Å². The molecule has 8 heteroatoms. The molecule has 0 radical (unpaired) electrons. The number of carbonyl (C=O) groups is 2. The number of carboxylic acid groups (broad SMARTS) is 1. The number of thiophene rings is 1. The highest BCUT2D eigenvalue weighted by Crippen LogP contribution is 2.28. The Kier molecular flexibility index (Phi) is 5.49. The summed E-state index contributed by atoms with van der Waals surface area (Å²) >= 11 is 1.59. The van der Waals surface area contributed by atoms with E-state index in [1.54, 1.807) is 25.2 Å². The summed E-state index contributed by atoms with van der Waals surface area (Å²) in [5, 5.41) is 15.4. The fourth-order valence-electron chi connectivity index (χ4n) is 2.12. The molecule has 0 aliphatic rings. The lowest BCUT2D eigenvalue weighted by molar-refractivity contribution is -0.142. The molecule has 0 aromatic carbocycles. The molecule has 0 saturated carbocycles. The molecule has 124 valence electrons. The molecule has 0 spiro atoms. The number of fused-ring (bicyclic) bond motifs is 1. The summed E-state index contributed by atoms with van der Waals surface area (Å²) < 4.78 is 0. The van der Waals surface area contributed by atoms with Gasteiger partial charge in [0.05, 0.1) is 11.9 Å². The molecule has 2 aromatic heterocycles. The summed E-state index contributed by atoms with van der Waals surface area (Å²) in [5.41, 5.74) is 0. The molecule has 0 saturated heterocycles.